The summed E-state index contributed by atoms with van der Waals surface area (Å²) >= 11 is 1.58. The number of H-pyrrole nitrogens is 2. The average molecular weight is 472 g/mol. The monoisotopic (exact) mass is 471 g/mol. The largest absolute Gasteiger partial charge is 0.497 e. The van der Waals surface area contributed by atoms with E-state index in [1.165, 1.54) is 22.4 Å². The summed E-state index contributed by atoms with van der Waals surface area (Å²) in [5, 5.41) is 11.9. The molecule has 0 bridgehead atoms. The molecule has 170 valence electrons. The first kappa shape index (κ1) is 21.7. The number of nitrogens with one attached hydrogen (secondary N) is 2. The molecule has 0 aliphatic heterocycles. The van der Waals surface area contributed by atoms with Crippen LogP contribution in [0.2, 0.25) is 0 Å². The van der Waals surface area contributed by atoms with Crippen molar-refractivity contribution in [3.05, 3.63) is 111 Å². The van der Waals surface area contributed by atoms with Gasteiger partial charge in [-0.15, -0.1) is 10.2 Å². The van der Waals surface area contributed by atoms with Crippen LogP contribution in [-0.4, -0.2) is 31.8 Å². The Kier molecular flexibility index (Phi) is 6.01. The van der Waals surface area contributed by atoms with E-state index in [0.29, 0.717) is 22.4 Å². The fourth-order valence-corrected chi connectivity index (χ4v) is 4.82. The fraction of sp³-hybridized carbons (Fsp3) is 0.120. The molecule has 5 rings (SSSR count). The van der Waals surface area contributed by atoms with Crippen LogP contribution >= 0.6 is 11.8 Å². The van der Waals surface area contributed by atoms with Crippen LogP contribution in [0.3, 0.4) is 0 Å². The highest BCUT2D eigenvalue weighted by Gasteiger charge is 2.16. The number of fused-ring (bicyclic) bond motifs is 1. The van der Waals surface area contributed by atoms with Gasteiger partial charge in [0.05, 0.1) is 7.11 Å². The SMILES string of the molecule is COc1ccc(-n2c(Cc3cc(=O)[nH]c(=O)[nH]3)nnc2SCc2cccc3ccccc23)cc1. The van der Waals surface area contributed by atoms with Crippen LogP contribution in [0.15, 0.2) is 87.5 Å². The molecule has 34 heavy (non-hydrogen) atoms. The summed E-state index contributed by atoms with van der Waals surface area (Å²) in [4.78, 5) is 28.3. The highest BCUT2D eigenvalue weighted by atomic mass is 32.2. The predicted molar refractivity (Wildman–Crippen MR) is 132 cm³/mol. The molecule has 0 aliphatic carbocycles. The maximum absolute atomic E-state index is 11.8. The first-order valence-corrected chi connectivity index (χ1v) is 11.6. The Bertz CT molecular complexity index is 1540. The topological polar surface area (TPSA) is 106 Å². The van der Waals surface area contributed by atoms with Gasteiger partial charge in [-0.3, -0.25) is 14.3 Å². The van der Waals surface area contributed by atoms with Gasteiger partial charge in [0.25, 0.3) is 5.56 Å². The third kappa shape index (κ3) is 4.51. The van der Waals surface area contributed by atoms with Crippen molar-refractivity contribution in [2.24, 2.45) is 0 Å². The van der Waals surface area contributed by atoms with Crippen molar-refractivity contribution < 1.29 is 4.74 Å². The van der Waals surface area contributed by atoms with Crippen LogP contribution in [-0.2, 0) is 12.2 Å². The van der Waals surface area contributed by atoms with Gasteiger partial charge in [0.2, 0.25) is 0 Å². The number of thioether (sulfide) groups is 1. The summed E-state index contributed by atoms with van der Waals surface area (Å²) in [6.45, 7) is 0. The number of ether oxygens (including phenoxy) is 1. The van der Waals surface area contributed by atoms with Crippen molar-refractivity contribution in [1.29, 1.82) is 0 Å². The van der Waals surface area contributed by atoms with Gasteiger partial charge >= 0.3 is 5.69 Å². The zero-order valence-corrected chi connectivity index (χ0v) is 19.1. The quantitative estimate of drug-likeness (QED) is 0.351. The zero-order valence-electron chi connectivity index (χ0n) is 18.3. The molecule has 0 saturated heterocycles. The third-order valence-corrected chi connectivity index (χ3v) is 6.41. The molecule has 0 unspecified atom stereocenters. The van der Waals surface area contributed by atoms with Crippen molar-refractivity contribution in [3.8, 4) is 11.4 Å². The Morgan fingerprint density at radius 3 is 2.53 bits per heavy atom. The first-order chi connectivity index (χ1) is 16.6. The van der Waals surface area contributed by atoms with Crippen LogP contribution in [0.4, 0.5) is 0 Å². The maximum atomic E-state index is 11.8. The highest BCUT2D eigenvalue weighted by molar-refractivity contribution is 7.98. The lowest BCUT2D eigenvalue weighted by Crippen LogP contribution is -2.23. The molecule has 9 heteroatoms. The van der Waals surface area contributed by atoms with E-state index in [9.17, 15) is 9.59 Å². The number of hydrogen-bond acceptors (Lipinski definition) is 6. The van der Waals surface area contributed by atoms with Crippen molar-refractivity contribution >= 4 is 22.5 Å². The van der Waals surface area contributed by atoms with E-state index in [2.05, 4.69) is 50.5 Å². The standard InChI is InChI=1S/C25H21N5O3S/c1-33-20-11-9-19(10-12-20)30-22(13-18-14-23(31)27-24(32)26-18)28-29-25(30)34-15-17-7-4-6-16-5-2-3-8-21(16)17/h2-12,14H,13,15H2,1H3,(H2,26,27,31,32). The number of nitrogens with zero attached hydrogens (tertiary/aromatic N) is 3. The zero-order chi connectivity index (χ0) is 23.5. The molecule has 5 aromatic rings. The molecular weight excluding hydrogens is 450 g/mol. The molecule has 0 saturated carbocycles. The second-order valence-electron chi connectivity index (χ2n) is 7.65. The summed E-state index contributed by atoms with van der Waals surface area (Å²) < 4.78 is 7.23. The van der Waals surface area contributed by atoms with E-state index in [-0.39, 0.29) is 6.42 Å². The van der Waals surface area contributed by atoms with E-state index >= 15 is 0 Å². The van der Waals surface area contributed by atoms with Gasteiger partial charge in [0, 0.05) is 29.6 Å². The normalized spacial score (nSPS) is 11.1. The molecule has 0 spiro atoms. The second-order valence-corrected chi connectivity index (χ2v) is 8.59. The van der Waals surface area contributed by atoms with Gasteiger partial charge in [-0.05, 0) is 40.6 Å². The Hall–Kier alpha value is -4.11. The van der Waals surface area contributed by atoms with E-state index in [0.717, 1.165) is 11.4 Å². The predicted octanol–water partition coefficient (Wildman–Crippen LogP) is 3.69. The minimum Gasteiger partial charge on any atom is -0.497 e. The minimum atomic E-state index is -0.552. The Balaban J connectivity index is 1.52. The molecule has 0 amide bonds. The highest BCUT2D eigenvalue weighted by Crippen LogP contribution is 2.29. The van der Waals surface area contributed by atoms with Gasteiger partial charge in [-0.2, -0.15) is 0 Å². The number of aromatic nitrogens is 5. The molecule has 2 aromatic heterocycles. The molecule has 8 nitrogen and oxygen atoms in total. The summed E-state index contributed by atoms with van der Waals surface area (Å²) in [6, 6.07) is 23.5. The molecular formula is C25H21N5O3S. The van der Waals surface area contributed by atoms with Crippen LogP contribution in [0.1, 0.15) is 17.1 Å². The lowest BCUT2D eigenvalue weighted by atomic mass is 10.1. The summed E-state index contributed by atoms with van der Waals surface area (Å²) in [5.41, 5.74) is 1.51. The number of rotatable bonds is 7. The van der Waals surface area contributed by atoms with Crippen LogP contribution in [0, 0.1) is 0 Å². The van der Waals surface area contributed by atoms with Crippen molar-refractivity contribution in [3.63, 3.8) is 0 Å². The molecule has 0 aliphatic rings. The summed E-state index contributed by atoms with van der Waals surface area (Å²) in [5.74, 6) is 2.05. The molecule has 0 atom stereocenters. The van der Waals surface area contributed by atoms with Gasteiger partial charge < -0.3 is 9.72 Å². The molecule has 0 radical (unpaired) electrons. The molecule has 3 aromatic carbocycles. The van der Waals surface area contributed by atoms with Crippen molar-refractivity contribution in [2.75, 3.05) is 7.11 Å². The van der Waals surface area contributed by atoms with Gasteiger partial charge in [-0.25, -0.2) is 4.79 Å². The van der Waals surface area contributed by atoms with E-state index in [1.54, 1.807) is 18.9 Å². The summed E-state index contributed by atoms with van der Waals surface area (Å²) in [7, 11) is 1.62. The number of benzene rings is 3. The Morgan fingerprint density at radius 2 is 1.74 bits per heavy atom. The van der Waals surface area contributed by atoms with E-state index in [1.807, 2.05) is 41.0 Å². The smallest absolute Gasteiger partial charge is 0.325 e. The molecule has 2 N–H and O–H groups in total. The number of hydrogen-bond donors (Lipinski definition) is 2. The fourth-order valence-electron chi connectivity index (χ4n) is 3.84. The van der Waals surface area contributed by atoms with Gasteiger partial charge in [0.1, 0.15) is 11.6 Å². The second kappa shape index (κ2) is 9.40. The maximum Gasteiger partial charge on any atom is 0.325 e. The van der Waals surface area contributed by atoms with Crippen molar-refractivity contribution in [1.82, 2.24) is 24.7 Å². The lowest BCUT2D eigenvalue weighted by Gasteiger charge is -2.12. The van der Waals surface area contributed by atoms with E-state index in [4.69, 9.17) is 4.74 Å². The summed E-state index contributed by atoms with van der Waals surface area (Å²) in [6.07, 6.45) is 0.243. The Labute approximate surface area is 198 Å². The Morgan fingerprint density at radius 1 is 0.941 bits per heavy atom. The lowest BCUT2D eigenvalue weighted by molar-refractivity contribution is 0.414. The van der Waals surface area contributed by atoms with Crippen LogP contribution in [0.25, 0.3) is 16.5 Å². The van der Waals surface area contributed by atoms with Crippen LogP contribution < -0.4 is 16.0 Å². The first-order valence-electron chi connectivity index (χ1n) is 10.6. The third-order valence-electron chi connectivity index (χ3n) is 5.43. The minimum absolute atomic E-state index is 0.243. The van der Waals surface area contributed by atoms with Gasteiger partial charge in [0.15, 0.2) is 5.16 Å². The van der Waals surface area contributed by atoms with Crippen LogP contribution in [0.5, 0.6) is 5.75 Å². The average Bonchev–Trinajstić information content (AvgIpc) is 3.24. The van der Waals surface area contributed by atoms with Crippen molar-refractivity contribution in [2.45, 2.75) is 17.3 Å². The molecule has 0 fully saturated rings. The van der Waals surface area contributed by atoms with E-state index < -0.39 is 11.2 Å². The molecule has 2 heterocycles. The number of methoxy groups -OCH3 is 1. The van der Waals surface area contributed by atoms with Gasteiger partial charge in [-0.1, -0.05) is 54.2 Å². The number of aromatic amines is 2.